The molecule has 0 heterocycles. The molecule has 0 aromatic heterocycles. The highest BCUT2D eigenvalue weighted by atomic mass is 35.5. The largest absolute Gasteiger partial charge is 0.352 e. The quantitative estimate of drug-likeness (QED) is 0.685. The Morgan fingerprint density at radius 1 is 1.11 bits per heavy atom. The molecule has 146 valence electrons. The van der Waals surface area contributed by atoms with Crippen LogP contribution in [-0.2, 0) is 21.4 Å². The molecule has 0 spiro atoms. The highest BCUT2D eigenvalue weighted by Crippen LogP contribution is 2.21. The van der Waals surface area contributed by atoms with Crippen LogP contribution in [0.15, 0.2) is 42.5 Å². The Balaban J connectivity index is 1.88. The summed E-state index contributed by atoms with van der Waals surface area (Å²) in [5.74, 6) is -0.168. The van der Waals surface area contributed by atoms with E-state index in [4.69, 9.17) is 23.2 Å². The first-order valence-corrected chi connectivity index (χ1v) is 11.0. The number of rotatable bonds is 8. The number of carbonyl (C=O) groups is 1. The Bertz CT molecular complexity index is 900. The van der Waals surface area contributed by atoms with Crippen molar-refractivity contribution in [1.29, 1.82) is 0 Å². The van der Waals surface area contributed by atoms with Gasteiger partial charge in [0.2, 0.25) is 15.9 Å². The first kappa shape index (κ1) is 21.5. The number of nitrogens with zero attached hydrogens (tertiary/aromatic N) is 1. The Hall–Kier alpha value is -1.76. The molecule has 1 N–H and O–H groups in total. The fourth-order valence-corrected chi connectivity index (χ4v) is 3.97. The molecule has 0 aliphatic rings. The lowest BCUT2D eigenvalue weighted by atomic mass is 10.2. The minimum atomic E-state index is -3.42. The number of aryl methyl sites for hydroxylation is 1. The zero-order valence-electron chi connectivity index (χ0n) is 15.2. The Kier molecular flexibility index (Phi) is 7.53. The summed E-state index contributed by atoms with van der Waals surface area (Å²) in [5.41, 5.74) is 2.41. The number of nitrogens with one attached hydrogen (secondary N) is 1. The first-order valence-electron chi connectivity index (χ1n) is 8.42. The molecule has 0 aliphatic heterocycles. The van der Waals surface area contributed by atoms with E-state index in [0.717, 1.165) is 17.4 Å². The minimum absolute atomic E-state index is 0.168. The van der Waals surface area contributed by atoms with Crippen LogP contribution in [0.4, 0.5) is 5.69 Å². The third-order valence-electron chi connectivity index (χ3n) is 3.98. The van der Waals surface area contributed by atoms with Crippen LogP contribution in [0.3, 0.4) is 0 Å². The lowest BCUT2D eigenvalue weighted by molar-refractivity contribution is -0.121. The molecule has 5 nitrogen and oxygen atoms in total. The van der Waals surface area contributed by atoms with Crippen molar-refractivity contribution in [3.8, 4) is 0 Å². The molecule has 0 fully saturated rings. The van der Waals surface area contributed by atoms with Crippen molar-refractivity contribution >= 4 is 44.8 Å². The SMILES string of the molecule is Cc1ccc(N(CCCC(=O)NCc2ccc(Cl)cc2Cl)S(C)(=O)=O)cc1. The maximum absolute atomic E-state index is 12.1. The zero-order valence-corrected chi connectivity index (χ0v) is 17.5. The first-order chi connectivity index (χ1) is 12.7. The van der Waals surface area contributed by atoms with Crippen LogP contribution < -0.4 is 9.62 Å². The molecule has 2 aromatic carbocycles. The summed E-state index contributed by atoms with van der Waals surface area (Å²) in [6.45, 7) is 2.46. The molecule has 2 rings (SSSR count). The van der Waals surface area contributed by atoms with E-state index >= 15 is 0 Å². The van der Waals surface area contributed by atoms with Crippen LogP contribution >= 0.6 is 23.2 Å². The molecule has 0 saturated carbocycles. The molecule has 0 bridgehead atoms. The Morgan fingerprint density at radius 2 is 1.78 bits per heavy atom. The lowest BCUT2D eigenvalue weighted by Gasteiger charge is -2.22. The number of sulfonamides is 1. The maximum Gasteiger partial charge on any atom is 0.232 e. The molecule has 8 heteroatoms. The Morgan fingerprint density at radius 3 is 2.37 bits per heavy atom. The minimum Gasteiger partial charge on any atom is -0.352 e. The van der Waals surface area contributed by atoms with Crippen LogP contribution in [0.5, 0.6) is 0 Å². The van der Waals surface area contributed by atoms with Gasteiger partial charge in [-0.2, -0.15) is 0 Å². The van der Waals surface area contributed by atoms with Crippen LogP contribution in [0.25, 0.3) is 0 Å². The van der Waals surface area contributed by atoms with Gasteiger partial charge >= 0.3 is 0 Å². The molecule has 0 aliphatic carbocycles. The van der Waals surface area contributed by atoms with Gasteiger partial charge in [0, 0.05) is 29.6 Å². The monoisotopic (exact) mass is 428 g/mol. The molecule has 0 unspecified atom stereocenters. The van der Waals surface area contributed by atoms with Crippen molar-refractivity contribution in [2.45, 2.75) is 26.3 Å². The molecular formula is C19H22Cl2N2O3S. The van der Waals surface area contributed by atoms with Crippen molar-refractivity contribution in [2.75, 3.05) is 17.1 Å². The fourth-order valence-electron chi connectivity index (χ4n) is 2.53. The zero-order chi connectivity index (χ0) is 20.0. The normalized spacial score (nSPS) is 11.3. The second-order valence-electron chi connectivity index (χ2n) is 6.29. The van der Waals surface area contributed by atoms with E-state index in [1.165, 1.54) is 4.31 Å². The lowest BCUT2D eigenvalue weighted by Crippen LogP contribution is -2.32. The summed E-state index contributed by atoms with van der Waals surface area (Å²) < 4.78 is 25.5. The summed E-state index contributed by atoms with van der Waals surface area (Å²) >= 11 is 11.9. The number of anilines is 1. The topological polar surface area (TPSA) is 66.5 Å². The number of amides is 1. The van der Waals surface area contributed by atoms with E-state index in [9.17, 15) is 13.2 Å². The highest BCUT2D eigenvalue weighted by molar-refractivity contribution is 7.92. The van der Waals surface area contributed by atoms with Gasteiger partial charge in [-0.3, -0.25) is 9.10 Å². The summed E-state index contributed by atoms with van der Waals surface area (Å²) in [7, 11) is -3.42. The second-order valence-corrected chi connectivity index (χ2v) is 9.04. The number of halogens is 2. The predicted molar refractivity (Wildman–Crippen MR) is 111 cm³/mol. The molecule has 0 radical (unpaired) electrons. The van der Waals surface area contributed by atoms with Crippen LogP contribution in [0.2, 0.25) is 10.0 Å². The van der Waals surface area contributed by atoms with Crippen molar-refractivity contribution in [1.82, 2.24) is 5.32 Å². The molecule has 2 aromatic rings. The van der Waals surface area contributed by atoms with Crippen LogP contribution in [0, 0.1) is 6.92 Å². The molecule has 0 atom stereocenters. The summed E-state index contributed by atoms with van der Waals surface area (Å²) in [5, 5.41) is 3.81. The van der Waals surface area contributed by atoms with Crippen molar-refractivity contribution in [3.05, 3.63) is 63.6 Å². The maximum atomic E-state index is 12.1. The van der Waals surface area contributed by atoms with E-state index in [2.05, 4.69) is 5.32 Å². The van der Waals surface area contributed by atoms with Gasteiger partial charge in [-0.15, -0.1) is 0 Å². The predicted octanol–water partition coefficient (Wildman–Crippen LogP) is 4.16. The molecular weight excluding hydrogens is 407 g/mol. The third kappa shape index (κ3) is 6.72. The number of carbonyl (C=O) groups excluding carboxylic acids is 1. The van der Waals surface area contributed by atoms with Crippen LogP contribution in [-0.4, -0.2) is 27.1 Å². The highest BCUT2D eigenvalue weighted by Gasteiger charge is 2.17. The van der Waals surface area contributed by atoms with Gasteiger partial charge in [0.1, 0.15) is 0 Å². The summed E-state index contributed by atoms with van der Waals surface area (Å²) in [6, 6.07) is 12.3. The number of hydrogen-bond acceptors (Lipinski definition) is 3. The second kappa shape index (κ2) is 9.44. The fraction of sp³-hybridized carbons (Fsp3) is 0.316. The smallest absolute Gasteiger partial charge is 0.232 e. The van der Waals surface area contributed by atoms with Gasteiger partial charge in [-0.25, -0.2) is 8.42 Å². The van der Waals surface area contributed by atoms with Gasteiger partial charge in [0.05, 0.1) is 11.9 Å². The molecule has 27 heavy (non-hydrogen) atoms. The van der Waals surface area contributed by atoms with E-state index < -0.39 is 10.0 Å². The van der Waals surface area contributed by atoms with E-state index in [-0.39, 0.29) is 18.9 Å². The third-order valence-corrected chi connectivity index (χ3v) is 5.76. The van der Waals surface area contributed by atoms with Gasteiger partial charge in [0.25, 0.3) is 0 Å². The molecule has 1 amide bonds. The van der Waals surface area contributed by atoms with Gasteiger partial charge in [0.15, 0.2) is 0 Å². The van der Waals surface area contributed by atoms with Gasteiger partial charge < -0.3 is 5.32 Å². The van der Waals surface area contributed by atoms with Gasteiger partial charge in [-0.05, 0) is 43.2 Å². The number of hydrogen-bond donors (Lipinski definition) is 1. The Labute approximate surface area is 170 Å². The summed E-state index contributed by atoms with van der Waals surface area (Å²) in [4.78, 5) is 12.1. The molecule has 0 saturated heterocycles. The average Bonchev–Trinajstić information content (AvgIpc) is 2.58. The van der Waals surface area contributed by atoms with E-state index in [1.807, 2.05) is 19.1 Å². The van der Waals surface area contributed by atoms with Crippen LogP contribution in [0.1, 0.15) is 24.0 Å². The average molecular weight is 429 g/mol. The van der Waals surface area contributed by atoms with Crippen molar-refractivity contribution in [2.24, 2.45) is 0 Å². The van der Waals surface area contributed by atoms with E-state index in [0.29, 0.717) is 28.7 Å². The van der Waals surface area contributed by atoms with Gasteiger partial charge in [-0.1, -0.05) is 47.0 Å². The van der Waals surface area contributed by atoms with Crippen molar-refractivity contribution in [3.63, 3.8) is 0 Å². The van der Waals surface area contributed by atoms with Crippen molar-refractivity contribution < 1.29 is 13.2 Å². The summed E-state index contributed by atoms with van der Waals surface area (Å²) in [6.07, 6.45) is 1.78. The van der Waals surface area contributed by atoms with E-state index in [1.54, 1.807) is 30.3 Å². The standard InChI is InChI=1S/C19H22Cl2N2O3S/c1-14-5-9-17(10-6-14)23(27(2,25)26)11-3-4-19(24)22-13-15-7-8-16(20)12-18(15)21/h5-10,12H,3-4,11,13H2,1-2H3,(H,22,24). The number of benzene rings is 2.